The summed E-state index contributed by atoms with van der Waals surface area (Å²) in [6.45, 7) is 12.3. The van der Waals surface area contributed by atoms with Crippen molar-refractivity contribution < 1.29 is 14.3 Å². The first kappa shape index (κ1) is 20.0. The zero-order valence-electron chi connectivity index (χ0n) is 14.5. The fourth-order valence-electron chi connectivity index (χ4n) is 2.44. The molecule has 132 valence electrons. The Morgan fingerprint density at radius 2 is 1.96 bits per heavy atom. The fraction of sp³-hybridized carbons (Fsp3) is 0.765. The SMILES string of the molecule is C=C(COC(=O)CCC)C(=O)N(CC)CCCN1CCSCC1. The standard InChI is InChI=1S/C17H30N2O3S/c1-4-7-16(20)22-14-15(3)17(21)19(5-2)9-6-8-18-10-12-23-13-11-18/h3-14H2,1-2H3. The number of esters is 1. The normalized spacial score (nSPS) is 15.2. The molecule has 23 heavy (non-hydrogen) atoms. The maximum Gasteiger partial charge on any atom is 0.306 e. The summed E-state index contributed by atoms with van der Waals surface area (Å²) in [6, 6.07) is 0. The number of amides is 1. The van der Waals surface area contributed by atoms with Crippen LogP contribution in [-0.2, 0) is 14.3 Å². The highest BCUT2D eigenvalue weighted by Crippen LogP contribution is 2.10. The van der Waals surface area contributed by atoms with Gasteiger partial charge in [-0.15, -0.1) is 0 Å². The van der Waals surface area contributed by atoms with Crippen LogP contribution in [0.1, 0.15) is 33.1 Å². The van der Waals surface area contributed by atoms with E-state index in [4.69, 9.17) is 4.74 Å². The molecule has 0 atom stereocenters. The van der Waals surface area contributed by atoms with Gasteiger partial charge in [-0.25, -0.2) is 0 Å². The van der Waals surface area contributed by atoms with Crippen molar-refractivity contribution in [2.75, 3.05) is 50.8 Å². The zero-order chi connectivity index (χ0) is 17.1. The summed E-state index contributed by atoms with van der Waals surface area (Å²) in [4.78, 5) is 27.9. The van der Waals surface area contributed by atoms with E-state index in [9.17, 15) is 9.59 Å². The van der Waals surface area contributed by atoms with Crippen LogP contribution >= 0.6 is 11.8 Å². The molecule has 0 aromatic rings. The Bertz CT molecular complexity index is 395. The van der Waals surface area contributed by atoms with E-state index in [1.165, 1.54) is 11.5 Å². The van der Waals surface area contributed by atoms with Crippen molar-refractivity contribution in [1.82, 2.24) is 9.80 Å². The Morgan fingerprint density at radius 3 is 2.57 bits per heavy atom. The molecule has 1 amide bonds. The molecule has 1 fully saturated rings. The van der Waals surface area contributed by atoms with Gasteiger partial charge in [0.05, 0.1) is 0 Å². The molecule has 6 heteroatoms. The van der Waals surface area contributed by atoms with Gasteiger partial charge in [0.2, 0.25) is 0 Å². The molecule has 0 aromatic carbocycles. The molecule has 0 unspecified atom stereocenters. The Morgan fingerprint density at radius 1 is 1.26 bits per heavy atom. The average molecular weight is 343 g/mol. The smallest absolute Gasteiger partial charge is 0.306 e. The molecule has 0 bridgehead atoms. The van der Waals surface area contributed by atoms with Crippen molar-refractivity contribution >= 4 is 23.6 Å². The van der Waals surface area contributed by atoms with Crippen molar-refractivity contribution in [3.8, 4) is 0 Å². The molecule has 0 saturated carbocycles. The molecular formula is C17H30N2O3S. The Labute approximate surface area is 144 Å². The second-order valence-corrected chi connectivity index (χ2v) is 6.93. The molecule has 0 aliphatic carbocycles. The number of hydrogen-bond donors (Lipinski definition) is 0. The summed E-state index contributed by atoms with van der Waals surface area (Å²) in [6.07, 6.45) is 2.09. The molecule has 1 rings (SSSR count). The summed E-state index contributed by atoms with van der Waals surface area (Å²) in [5.41, 5.74) is 0.352. The van der Waals surface area contributed by atoms with Gasteiger partial charge in [0.15, 0.2) is 0 Å². The first-order valence-corrected chi connectivity index (χ1v) is 9.66. The molecule has 0 radical (unpaired) electrons. The van der Waals surface area contributed by atoms with Gasteiger partial charge in [-0.05, 0) is 26.3 Å². The van der Waals surface area contributed by atoms with Crippen LogP contribution in [0.15, 0.2) is 12.2 Å². The maximum atomic E-state index is 12.3. The van der Waals surface area contributed by atoms with E-state index in [0.29, 0.717) is 18.5 Å². The van der Waals surface area contributed by atoms with Gasteiger partial charge in [-0.3, -0.25) is 9.59 Å². The molecule has 1 aliphatic heterocycles. The number of hydrogen-bond acceptors (Lipinski definition) is 5. The first-order valence-electron chi connectivity index (χ1n) is 8.51. The van der Waals surface area contributed by atoms with Gasteiger partial charge in [-0.1, -0.05) is 13.5 Å². The first-order chi connectivity index (χ1) is 11.1. The third-order valence-corrected chi connectivity index (χ3v) is 4.78. The number of thioether (sulfide) groups is 1. The minimum absolute atomic E-state index is 0.00247. The predicted octanol–water partition coefficient (Wildman–Crippen LogP) is 2.17. The van der Waals surface area contributed by atoms with Crippen LogP contribution in [-0.4, -0.2) is 72.5 Å². The highest BCUT2D eigenvalue weighted by molar-refractivity contribution is 7.99. The molecule has 1 aliphatic rings. The highest BCUT2D eigenvalue weighted by Gasteiger charge is 2.17. The molecule has 0 spiro atoms. The Balaban J connectivity index is 2.29. The van der Waals surface area contributed by atoms with Crippen LogP contribution in [0.25, 0.3) is 0 Å². The Hall–Kier alpha value is -1.01. The van der Waals surface area contributed by atoms with Gasteiger partial charge in [0, 0.05) is 49.7 Å². The number of rotatable bonds is 10. The summed E-state index contributed by atoms with van der Waals surface area (Å²) in [7, 11) is 0. The van der Waals surface area contributed by atoms with Crippen LogP contribution in [0.3, 0.4) is 0 Å². The number of carbonyl (C=O) groups excluding carboxylic acids is 2. The van der Waals surface area contributed by atoms with Gasteiger partial charge >= 0.3 is 5.97 Å². The molecule has 1 saturated heterocycles. The van der Waals surface area contributed by atoms with E-state index in [1.54, 1.807) is 4.90 Å². The summed E-state index contributed by atoms with van der Waals surface area (Å²) < 4.78 is 5.06. The van der Waals surface area contributed by atoms with Gasteiger partial charge in [0.1, 0.15) is 6.61 Å². The second kappa shape index (κ2) is 11.5. The molecule has 1 heterocycles. The maximum absolute atomic E-state index is 12.3. The van der Waals surface area contributed by atoms with Crippen molar-refractivity contribution in [2.45, 2.75) is 33.1 Å². The second-order valence-electron chi connectivity index (χ2n) is 5.71. The van der Waals surface area contributed by atoms with E-state index >= 15 is 0 Å². The highest BCUT2D eigenvalue weighted by atomic mass is 32.2. The summed E-state index contributed by atoms with van der Waals surface area (Å²) in [5, 5.41) is 0. The van der Waals surface area contributed by atoms with E-state index in [0.717, 1.165) is 39.0 Å². The monoisotopic (exact) mass is 342 g/mol. The number of ether oxygens (including phenoxy) is 1. The zero-order valence-corrected chi connectivity index (χ0v) is 15.3. The molecular weight excluding hydrogens is 312 g/mol. The largest absolute Gasteiger partial charge is 0.461 e. The van der Waals surface area contributed by atoms with E-state index in [2.05, 4.69) is 11.5 Å². The van der Waals surface area contributed by atoms with Crippen molar-refractivity contribution in [3.05, 3.63) is 12.2 Å². The van der Waals surface area contributed by atoms with Crippen LogP contribution in [0.4, 0.5) is 0 Å². The lowest BCUT2D eigenvalue weighted by molar-refractivity contribution is -0.143. The van der Waals surface area contributed by atoms with E-state index in [-0.39, 0.29) is 18.5 Å². The predicted molar refractivity (Wildman–Crippen MR) is 95.6 cm³/mol. The van der Waals surface area contributed by atoms with Crippen molar-refractivity contribution in [1.29, 1.82) is 0 Å². The molecule has 5 nitrogen and oxygen atoms in total. The van der Waals surface area contributed by atoms with Crippen LogP contribution in [0.5, 0.6) is 0 Å². The van der Waals surface area contributed by atoms with Crippen molar-refractivity contribution in [2.24, 2.45) is 0 Å². The van der Waals surface area contributed by atoms with Crippen molar-refractivity contribution in [3.63, 3.8) is 0 Å². The molecule has 0 aromatic heterocycles. The van der Waals surface area contributed by atoms with Gasteiger partial charge in [0.25, 0.3) is 5.91 Å². The number of carbonyl (C=O) groups is 2. The number of likely N-dealkylation sites (N-methyl/N-ethyl adjacent to an activating group) is 1. The lowest BCUT2D eigenvalue weighted by atomic mass is 10.2. The molecule has 0 N–H and O–H groups in total. The Kier molecular flexibility index (Phi) is 10.0. The van der Waals surface area contributed by atoms with Gasteiger partial charge < -0.3 is 14.5 Å². The lowest BCUT2D eigenvalue weighted by Crippen LogP contribution is -2.38. The topological polar surface area (TPSA) is 49.9 Å². The van der Waals surface area contributed by atoms with E-state index in [1.807, 2.05) is 25.6 Å². The lowest BCUT2D eigenvalue weighted by Gasteiger charge is -2.28. The average Bonchev–Trinajstić information content (AvgIpc) is 2.57. The quantitative estimate of drug-likeness (QED) is 0.450. The van der Waals surface area contributed by atoms with Crippen LogP contribution in [0, 0.1) is 0 Å². The summed E-state index contributed by atoms with van der Waals surface area (Å²) >= 11 is 2.00. The minimum atomic E-state index is -0.271. The third kappa shape index (κ3) is 7.88. The van der Waals surface area contributed by atoms with Gasteiger partial charge in [-0.2, -0.15) is 11.8 Å². The minimum Gasteiger partial charge on any atom is -0.461 e. The fourth-order valence-corrected chi connectivity index (χ4v) is 3.42. The van der Waals surface area contributed by atoms with Crippen LogP contribution < -0.4 is 0 Å². The third-order valence-electron chi connectivity index (χ3n) is 3.84. The summed E-state index contributed by atoms with van der Waals surface area (Å²) in [5.74, 6) is 2.03. The number of nitrogens with zero attached hydrogens (tertiary/aromatic N) is 2. The van der Waals surface area contributed by atoms with Crippen LogP contribution in [0.2, 0.25) is 0 Å². The van der Waals surface area contributed by atoms with E-state index < -0.39 is 0 Å².